The molecule has 0 heterocycles. The molecular weight excluding hydrogens is 192 g/mol. The normalized spacial score (nSPS) is 14.3. The molecule has 0 aliphatic carbocycles. The third-order valence-electron chi connectivity index (χ3n) is 2.06. The van der Waals surface area contributed by atoms with Gasteiger partial charge >= 0.3 is 5.97 Å². The van der Waals surface area contributed by atoms with Crippen molar-refractivity contribution in [3.8, 4) is 0 Å². The van der Waals surface area contributed by atoms with Crippen molar-refractivity contribution in [1.82, 2.24) is 0 Å². The predicted octanol–water partition coefficient (Wildman–Crippen LogP) is 0.404. The molecule has 0 fully saturated rings. The minimum atomic E-state index is -0.756. The van der Waals surface area contributed by atoms with Gasteiger partial charge in [-0.1, -0.05) is 30.3 Å². The van der Waals surface area contributed by atoms with E-state index in [1.54, 1.807) is 6.92 Å². The number of ether oxygens (including phenoxy) is 1. The van der Waals surface area contributed by atoms with E-state index in [9.17, 15) is 4.79 Å². The highest BCUT2D eigenvalue weighted by molar-refractivity contribution is 5.76. The van der Waals surface area contributed by atoms with E-state index in [4.69, 9.17) is 16.2 Å². The minimum Gasteiger partial charge on any atom is -0.460 e. The van der Waals surface area contributed by atoms with Crippen molar-refractivity contribution >= 4 is 5.97 Å². The molecule has 2 atom stereocenters. The number of hydrogen-bond donors (Lipinski definition) is 2. The van der Waals surface area contributed by atoms with Crippen LogP contribution in [0.5, 0.6) is 0 Å². The number of hydrogen-bond acceptors (Lipinski definition) is 4. The van der Waals surface area contributed by atoms with Gasteiger partial charge in [0.15, 0.2) is 0 Å². The smallest absolute Gasteiger partial charge is 0.324 e. The van der Waals surface area contributed by atoms with Crippen LogP contribution < -0.4 is 11.5 Å². The van der Waals surface area contributed by atoms with E-state index in [2.05, 4.69) is 0 Å². The molecule has 0 saturated heterocycles. The number of esters is 1. The quantitative estimate of drug-likeness (QED) is 0.702. The van der Waals surface area contributed by atoms with Crippen molar-refractivity contribution in [1.29, 1.82) is 0 Å². The minimum absolute atomic E-state index is 0.236. The van der Waals surface area contributed by atoms with Crippen LogP contribution in [0.3, 0.4) is 0 Å². The zero-order valence-corrected chi connectivity index (χ0v) is 8.72. The number of rotatable bonds is 4. The van der Waals surface area contributed by atoms with E-state index < -0.39 is 18.1 Å². The number of benzene rings is 1. The highest BCUT2D eigenvalue weighted by atomic mass is 16.5. The van der Waals surface area contributed by atoms with Gasteiger partial charge in [0.1, 0.15) is 12.6 Å². The molecule has 1 aromatic carbocycles. The third-order valence-corrected chi connectivity index (χ3v) is 2.06. The summed E-state index contributed by atoms with van der Waals surface area (Å²) in [5.74, 6) is -0.464. The Bertz CT molecular complexity index is 312. The van der Waals surface area contributed by atoms with Gasteiger partial charge in [0, 0.05) is 6.04 Å². The second kappa shape index (κ2) is 5.48. The SMILES string of the molecule is C[C@@H](N)[C@H](N)C(=O)OCc1ccccc1. The summed E-state index contributed by atoms with van der Waals surface area (Å²) in [6, 6.07) is 8.28. The fourth-order valence-electron chi connectivity index (χ4n) is 1.04. The van der Waals surface area contributed by atoms with Crippen molar-refractivity contribution < 1.29 is 9.53 Å². The molecule has 4 heteroatoms. The molecular formula is C11H16N2O2. The van der Waals surface area contributed by atoms with Crippen molar-refractivity contribution in [2.75, 3.05) is 0 Å². The van der Waals surface area contributed by atoms with Crippen molar-refractivity contribution in [3.63, 3.8) is 0 Å². The first-order valence-electron chi connectivity index (χ1n) is 4.83. The van der Waals surface area contributed by atoms with Crippen LogP contribution >= 0.6 is 0 Å². The van der Waals surface area contributed by atoms with Crippen LogP contribution in [0.1, 0.15) is 12.5 Å². The molecule has 4 nitrogen and oxygen atoms in total. The molecule has 1 aromatic rings. The van der Waals surface area contributed by atoms with Crippen LogP contribution in [-0.2, 0) is 16.1 Å². The maximum atomic E-state index is 11.3. The molecule has 0 bridgehead atoms. The molecule has 0 spiro atoms. The Labute approximate surface area is 89.2 Å². The molecule has 4 N–H and O–H groups in total. The van der Waals surface area contributed by atoms with E-state index in [0.29, 0.717) is 0 Å². The van der Waals surface area contributed by atoms with Gasteiger partial charge in [0.2, 0.25) is 0 Å². The van der Waals surface area contributed by atoms with Crippen LogP contribution in [0.25, 0.3) is 0 Å². The van der Waals surface area contributed by atoms with Gasteiger partial charge in [-0.3, -0.25) is 4.79 Å². The van der Waals surface area contributed by atoms with E-state index >= 15 is 0 Å². The van der Waals surface area contributed by atoms with Gasteiger partial charge in [-0.2, -0.15) is 0 Å². The average molecular weight is 208 g/mol. The summed E-state index contributed by atoms with van der Waals surface area (Å²) in [5.41, 5.74) is 11.9. The maximum absolute atomic E-state index is 11.3. The Kier molecular flexibility index (Phi) is 4.27. The summed E-state index contributed by atoms with van der Waals surface area (Å²) >= 11 is 0. The highest BCUT2D eigenvalue weighted by Crippen LogP contribution is 2.01. The van der Waals surface area contributed by atoms with Crippen LogP contribution in [0.4, 0.5) is 0 Å². The first-order valence-corrected chi connectivity index (χ1v) is 4.83. The van der Waals surface area contributed by atoms with Crippen molar-refractivity contribution in [2.45, 2.75) is 25.6 Å². The lowest BCUT2D eigenvalue weighted by Gasteiger charge is -2.14. The fourth-order valence-corrected chi connectivity index (χ4v) is 1.04. The molecule has 15 heavy (non-hydrogen) atoms. The van der Waals surface area contributed by atoms with E-state index in [0.717, 1.165) is 5.56 Å². The Hall–Kier alpha value is -1.39. The zero-order valence-electron chi connectivity index (χ0n) is 8.72. The molecule has 1 rings (SSSR count). The van der Waals surface area contributed by atoms with Crippen molar-refractivity contribution in [2.24, 2.45) is 11.5 Å². The van der Waals surface area contributed by atoms with Crippen LogP contribution in [0.2, 0.25) is 0 Å². The van der Waals surface area contributed by atoms with Crippen LogP contribution in [-0.4, -0.2) is 18.1 Å². The second-order valence-corrected chi connectivity index (χ2v) is 3.48. The zero-order chi connectivity index (χ0) is 11.3. The summed E-state index contributed by atoms with van der Waals surface area (Å²) in [6.07, 6.45) is 0. The van der Waals surface area contributed by atoms with Gasteiger partial charge in [0.25, 0.3) is 0 Å². The largest absolute Gasteiger partial charge is 0.460 e. The Balaban J connectivity index is 2.41. The Morgan fingerprint density at radius 2 is 1.93 bits per heavy atom. The summed E-state index contributed by atoms with van der Waals surface area (Å²) in [7, 11) is 0. The highest BCUT2D eigenvalue weighted by Gasteiger charge is 2.18. The number of carbonyl (C=O) groups excluding carboxylic acids is 1. The Morgan fingerprint density at radius 1 is 1.33 bits per heavy atom. The van der Waals surface area contributed by atoms with E-state index in [1.807, 2.05) is 30.3 Å². The molecule has 0 amide bonds. The Morgan fingerprint density at radius 3 is 2.47 bits per heavy atom. The lowest BCUT2D eigenvalue weighted by Crippen LogP contribution is -2.46. The van der Waals surface area contributed by atoms with E-state index in [1.165, 1.54) is 0 Å². The number of carbonyl (C=O) groups is 1. The van der Waals surface area contributed by atoms with Crippen molar-refractivity contribution in [3.05, 3.63) is 35.9 Å². The van der Waals surface area contributed by atoms with Gasteiger partial charge in [-0.05, 0) is 12.5 Å². The lowest BCUT2D eigenvalue weighted by molar-refractivity contribution is -0.146. The number of nitrogens with two attached hydrogens (primary N) is 2. The average Bonchev–Trinajstić information content (AvgIpc) is 2.26. The van der Waals surface area contributed by atoms with Crippen LogP contribution in [0.15, 0.2) is 30.3 Å². The van der Waals surface area contributed by atoms with Gasteiger partial charge < -0.3 is 16.2 Å². The summed E-state index contributed by atoms with van der Waals surface area (Å²) in [6.45, 7) is 1.91. The first-order chi connectivity index (χ1) is 7.11. The molecule has 0 unspecified atom stereocenters. The summed E-state index contributed by atoms with van der Waals surface area (Å²) in [5, 5.41) is 0. The second-order valence-electron chi connectivity index (χ2n) is 3.48. The van der Waals surface area contributed by atoms with Gasteiger partial charge in [-0.15, -0.1) is 0 Å². The topological polar surface area (TPSA) is 78.3 Å². The van der Waals surface area contributed by atoms with Gasteiger partial charge in [-0.25, -0.2) is 0 Å². The first kappa shape index (κ1) is 11.7. The third kappa shape index (κ3) is 3.69. The molecule has 0 radical (unpaired) electrons. The maximum Gasteiger partial charge on any atom is 0.324 e. The molecule has 0 saturated carbocycles. The summed E-state index contributed by atoms with van der Waals surface area (Å²) in [4.78, 5) is 11.3. The van der Waals surface area contributed by atoms with Gasteiger partial charge in [0.05, 0.1) is 0 Å². The lowest BCUT2D eigenvalue weighted by atomic mass is 10.2. The molecule has 0 aliphatic heterocycles. The molecule has 0 aromatic heterocycles. The fraction of sp³-hybridized carbons (Fsp3) is 0.364. The van der Waals surface area contributed by atoms with Crippen LogP contribution in [0, 0.1) is 0 Å². The summed E-state index contributed by atoms with van der Waals surface area (Å²) < 4.78 is 5.01. The standard InChI is InChI=1S/C11H16N2O2/c1-8(12)10(13)11(14)15-7-9-5-3-2-4-6-9/h2-6,8,10H,7,12-13H2,1H3/t8-,10+/m1/s1. The molecule has 82 valence electrons. The monoisotopic (exact) mass is 208 g/mol. The van der Waals surface area contributed by atoms with E-state index in [-0.39, 0.29) is 6.61 Å². The predicted molar refractivity (Wildman–Crippen MR) is 57.9 cm³/mol. The molecule has 0 aliphatic rings.